The smallest absolute Gasteiger partial charge is 0.244 e. The molecule has 178 valence electrons. The van der Waals surface area contributed by atoms with E-state index >= 15 is 0 Å². The van der Waals surface area contributed by atoms with Crippen molar-refractivity contribution in [2.75, 3.05) is 17.1 Å². The molecule has 1 fully saturated rings. The van der Waals surface area contributed by atoms with Crippen LogP contribution in [0.5, 0.6) is 0 Å². The normalized spacial score (nSPS) is 15.5. The van der Waals surface area contributed by atoms with Crippen LogP contribution >= 0.6 is 0 Å². The maximum Gasteiger partial charge on any atom is 0.244 e. The lowest BCUT2D eigenvalue weighted by atomic mass is 9.95. The van der Waals surface area contributed by atoms with Crippen LogP contribution in [-0.4, -0.2) is 50.0 Å². The van der Waals surface area contributed by atoms with Crippen molar-refractivity contribution in [3.8, 4) is 0 Å². The van der Waals surface area contributed by atoms with Gasteiger partial charge in [0.05, 0.1) is 11.9 Å². The van der Waals surface area contributed by atoms with Crippen molar-refractivity contribution in [1.29, 1.82) is 0 Å². The molecule has 2 aromatic rings. The number of para-hydroxylation sites is 1. The van der Waals surface area contributed by atoms with E-state index in [-0.39, 0.29) is 25.0 Å². The number of carbonyl (C=O) groups excluding carboxylic acids is 2. The van der Waals surface area contributed by atoms with Crippen LogP contribution in [0, 0.1) is 0 Å². The van der Waals surface area contributed by atoms with Crippen molar-refractivity contribution in [1.82, 2.24) is 10.2 Å². The molecule has 1 saturated carbocycles. The lowest BCUT2D eigenvalue weighted by Gasteiger charge is -2.33. The molecule has 0 radical (unpaired) electrons. The van der Waals surface area contributed by atoms with E-state index in [1.165, 1.54) is 11.3 Å². The highest BCUT2D eigenvalue weighted by atomic mass is 32.2. The monoisotopic (exact) mass is 471 g/mol. The highest BCUT2D eigenvalue weighted by molar-refractivity contribution is 7.92. The first-order valence-corrected chi connectivity index (χ1v) is 13.3. The first-order chi connectivity index (χ1) is 15.8. The fourth-order valence-corrected chi connectivity index (χ4v) is 4.99. The second-order valence-corrected chi connectivity index (χ2v) is 10.5. The molecular weight excluding hydrogens is 438 g/mol. The van der Waals surface area contributed by atoms with Gasteiger partial charge in [0, 0.05) is 12.6 Å². The lowest BCUT2D eigenvalue weighted by Crippen LogP contribution is -2.52. The van der Waals surface area contributed by atoms with E-state index in [0.717, 1.165) is 41.8 Å². The zero-order chi connectivity index (χ0) is 23.8. The molecule has 1 atom stereocenters. The Kier molecular flexibility index (Phi) is 8.49. The molecule has 0 aliphatic heterocycles. The van der Waals surface area contributed by atoms with Crippen molar-refractivity contribution in [3.05, 3.63) is 66.2 Å². The molecular formula is C25H33N3O4S. The maximum atomic E-state index is 13.5. The average Bonchev–Trinajstić information content (AvgIpc) is 2.81. The molecule has 0 saturated heterocycles. The Balaban J connectivity index is 1.82. The van der Waals surface area contributed by atoms with Crippen molar-refractivity contribution in [2.45, 2.75) is 57.7 Å². The second-order valence-electron chi connectivity index (χ2n) is 8.63. The Bertz CT molecular complexity index is 1020. The molecule has 1 unspecified atom stereocenters. The number of amides is 2. The summed E-state index contributed by atoms with van der Waals surface area (Å²) in [5.74, 6) is -0.642. The molecule has 1 aliphatic rings. The van der Waals surface area contributed by atoms with Gasteiger partial charge in [-0.15, -0.1) is 0 Å². The maximum absolute atomic E-state index is 13.5. The van der Waals surface area contributed by atoms with E-state index in [1.54, 1.807) is 37.3 Å². The Hall–Kier alpha value is -2.87. The molecule has 2 aromatic carbocycles. The van der Waals surface area contributed by atoms with Crippen LogP contribution in [0.15, 0.2) is 60.7 Å². The zero-order valence-electron chi connectivity index (χ0n) is 19.3. The number of sulfonamides is 1. The van der Waals surface area contributed by atoms with Crippen molar-refractivity contribution in [2.24, 2.45) is 0 Å². The van der Waals surface area contributed by atoms with Crippen LogP contribution in [0.4, 0.5) is 5.69 Å². The Morgan fingerprint density at radius 1 is 0.970 bits per heavy atom. The first kappa shape index (κ1) is 24.8. The van der Waals surface area contributed by atoms with Crippen LogP contribution < -0.4 is 9.62 Å². The van der Waals surface area contributed by atoms with Gasteiger partial charge in [-0.05, 0) is 37.5 Å². The minimum Gasteiger partial charge on any atom is -0.352 e. The molecule has 2 amide bonds. The lowest BCUT2D eigenvalue weighted by molar-refractivity contribution is -0.139. The van der Waals surface area contributed by atoms with Crippen LogP contribution in [0.3, 0.4) is 0 Å². The predicted octanol–water partition coefficient (Wildman–Crippen LogP) is 3.32. The summed E-state index contributed by atoms with van der Waals surface area (Å²) in [5, 5.41) is 3.09. The molecule has 7 nitrogen and oxygen atoms in total. The van der Waals surface area contributed by atoms with Crippen molar-refractivity contribution in [3.63, 3.8) is 0 Å². The summed E-state index contributed by atoms with van der Waals surface area (Å²) < 4.78 is 26.1. The molecule has 0 aromatic heterocycles. The van der Waals surface area contributed by atoms with Crippen molar-refractivity contribution >= 4 is 27.5 Å². The topological polar surface area (TPSA) is 86.8 Å². The van der Waals surface area contributed by atoms with E-state index in [1.807, 2.05) is 30.3 Å². The van der Waals surface area contributed by atoms with E-state index in [9.17, 15) is 18.0 Å². The van der Waals surface area contributed by atoms with E-state index in [4.69, 9.17) is 0 Å². The molecule has 0 bridgehead atoms. The van der Waals surface area contributed by atoms with E-state index in [2.05, 4.69) is 5.32 Å². The number of hydrogen-bond acceptors (Lipinski definition) is 4. The van der Waals surface area contributed by atoms with Gasteiger partial charge in [0.1, 0.15) is 12.6 Å². The van der Waals surface area contributed by atoms with Gasteiger partial charge in [0.2, 0.25) is 21.8 Å². The summed E-state index contributed by atoms with van der Waals surface area (Å²) in [6, 6.07) is 17.3. The van der Waals surface area contributed by atoms with Gasteiger partial charge >= 0.3 is 0 Å². The predicted molar refractivity (Wildman–Crippen MR) is 130 cm³/mol. The SMILES string of the molecule is CC(C(=O)NC1CCCCC1)N(Cc1ccccc1)C(=O)CN(c1ccccc1)S(C)(=O)=O. The number of nitrogens with zero attached hydrogens (tertiary/aromatic N) is 2. The Morgan fingerprint density at radius 3 is 2.12 bits per heavy atom. The molecule has 8 heteroatoms. The number of anilines is 1. The standard InChI is InChI=1S/C25H33N3O4S/c1-20(25(30)26-22-14-8-4-9-15-22)27(18-21-12-6-3-7-13-21)24(29)19-28(33(2,31)32)23-16-10-5-11-17-23/h3,5-7,10-13,16-17,20,22H,4,8-9,14-15,18-19H2,1-2H3,(H,26,30). The number of benzene rings is 2. The first-order valence-electron chi connectivity index (χ1n) is 11.4. The third-order valence-corrected chi connectivity index (χ3v) is 7.18. The Morgan fingerprint density at radius 2 is 1.55 bits per heavy atom. The molecule has 3 rings (SSSR count). The molecule has 0 heterocycles. The second kappa shape index (κ2) is 11.3. The fraction of sp³-hybridized carbons (Fsp3) is 0.440. The largest absolute Gasteiger partial charge is 0.352 e. The summed E-state index contributed by atoms with van der Waals surface area (Å²) in [4.78, 5) is 28.0. The highest BCUT2D eigenvalue weighted by Crippen LogP contribution is 2.20. The summed E-state index contributed by atoms with van der Waals surface area (Å²) >= 11 is 0. The van der Waals surface area contributed by atoms with Crippen LogP contribution in [0.2, 0.25) is 0 Å². The van der Waals surface area contributed by atoms with Gasteiger partial charge in [-0.2, -0.15) is 0 Å². The summed E-state index contributed by atoms with van der Waals surface area (Å²) in [6.07, 6.45) is 6.33. The average molecular weight is 472 g/mol. The van der Waals surface area contributed by atoms with E-state index < -0.39 is 22.0 Å². The summed E-state index contributed by atoms with van der Waals surface area (Å²) in [6.45, 7) is 1.54. The number of rotatable bonds is 9. The zero-order valence-corrected chi connectivity index (χ0v) is 20.1. The van der Waals surface area contributed by atoms with Gasteiger partial charge in [0.15, 0.2) is 0 Å². The number of carbonyl (C=O) groups is 2. The van der Waals surface area contributed by atoms with Gasteiger partial charge in [-0.1, -0.05) is 67.8 Å². The number of hydrogen-bond donors (Lipinski definition) is 1. The molecule has 1 N–H and O–H groups in total. The highest BCUT2D eigenvalue weighted by Gasteiger charge is 2.31. The fourth-order valence-electron chi connectivity index (χ4n) is 4.14. The minimum atomic E-state index is -3.70. The minimum absolute atomic E-state index is 0.124. The quantitative estimate of drug-likeness (QED) is 0.608. The summed E-state index contributed by atoms with van der Waals surface area (Å²) in [5.41, 5.74) is 1.28. The van der Waals surface area contributed by atoms with Crippen LogP contribution in [-0.2, 0) is 26.2 Å². The summed E-state index contributed by atoms with van der Waals surface area (Å²) in [7, 11) is -3.70. The van der Waals surface area contributed by atoms with Gasteiger partial charge in [-0.25, -0.2) is 8.42 Å². The van der Waals surface area contributed by atoms with Crippen LogP contribution in [0.1, 0.15) is 44.6 Å². The number of nitrogens with one attached hydrogen (secondary N) is 1. The third kappa shape index (κ3) is 7.05. The third-order valence-electron chi connectivity index (χ3n) is 6.04. The van der Waals surface area contributed by atoms with Gasteiger partial charge < -0.3 is 10.2 Å². The molecule has 1 aliphatic carbocycles. The van der Waals surface area contributed by atoms with Gasteiger partial charge in [-0.3, -0.25) is 13.9 Å². The molecule has 33 heavy (non-hydrogen) atoms. The van der Waals surface area contributed by atoms with Crippen LogP contribution in [0.25, 0.3) is 0 Å². The molecule has 0 spiro atoms. The van der Waals surface area contributed by atoms with E-state index in [0.29, 0.717) is 5.69 Å². The van der Waals surface area contributed by atoms with Crippen molar-refractivity contribution < 1.29 is 18.0 Å². The van der Waals surface area contributed by atoms with Gasteiger partial charge in [0.25, 0.3) is 0 Å². The Labute approximate surface area is 196 Å².